The van der Waals surface area contributed by atoms with E-state index in [0.29, 0.717) is 13.2 Å². The number of hydrogen-bond donors (Lipinski definition) is 0. The number of ether oxygens (including phenoxy) is 1. The Morgan fingerprint density at radius 3 is 2.76 bits per heavy atom. The zero-order chi connectivity index (χ0) is 14.7. The van der Waals surface area contributed by atoms with Gasteiger partial charge in [-0.2, -0.15) is 0 Å². The highest BCUT2D eigenvalue weighted by molar-refractivity contribution is 5.88. The number of benzene rings is 1. The maximum atomic E-state index is 12.4. The number of amides is 1. The van der Waals surface area contributed by atoms with Crippen molar-refractivity contribution < 1.29 is 9.53 Å². The first-order valence-corrected chi connectivity index (χ1v) is 7.78. The Labute approximate surface area is 125 Å². The number of carbonyl (C=O) groups excluding carboxylic acids is 1. The smallest absolute Gasteiger partial charge is 0.242 e. The third-order valence-corrected chi connectivity index (χ3v) is 4.09. The number of likely N-dealkylation sites (tertiary alicyclic amines) is 1. The molecule has 0 bridgehead atoms. The topological polar surface area (TPSA) is 34.5 Å². The Morgan fingerprint density at radius 1 is 1.19 bits per heavy atom. The summed E-state index contributed by atoms with van der Waals surface area (Å²) in [4.78, 5) is 14.4. The zero-order valence-electron chi connectivity index (χ0n) is 12.5. The second-order valence-corrected chi connectivity index (χ2v) is 5.51. The Bertz CT molecular complexity index is 627. The summed E-state index contributed by atoms with van der Waals surface area (Å²) in [6.45, 7) is 4.86. The molecule has 3 rings (SSSR count). The first kappa shape index (κ1) is 14.0. The van der Waals surface area contributed by atoms with Gasteiger partial charge in [-0.05, 0) is 44.4 Å². The maximum absolute atomic E-state index is 12.4. The van der Waals surface area contributed by atoms with Gasteiger partial charge in [-0.15, -0.1) is 0 Å². The number of fused-ring (bicyclic) bond motifs is 1. The summed E-state index contributed by atoms with van der Waals surface area (Å²) in [5, 5.41) is 1.07. The fourth-order valence-electron chi connectivity index (χ4n) is 3.00. The second kappa shape index (κ2) is 6.20. The molecule has 4 nitrogen and oxygen atoms in total. The minimum absolute atomic E-state index is 0.217. The molecule has 1 aliphatic rings. The van der Waals surface area contributed by atoms with Gasteiger partial charge in [-0.25, -0.2) is 0 Å². The van der Waals surface area contributed by atoms with Crippen LogP contribution in [0.1, 0.15) is 26.2 Å². The molecule has 0 aliphatic carbocycles. The van der Waals surface area contributed by atoms with Gasteiger partial charge in [0.2, 0.25) is 5.91 Å². The molecular formula is C17H22N2O2. The first-order chi connectivity index (χ1) is 10.3. The van der Waals surface area contributed by atoms with Crippen LogP contribution in [0.2, 0.25) is 0 Å². The molecule has 1 aromatic heterocycles. The highest BCUT2D eigenvalue weighted by Gasteiger charge is 2.17. The Balaban J connectivity index is 1.81. The van der Waals surface area contributed by atoms with Crippen LogP contribution in [0.4, 0.5) is 0 Å². The summed E-state index contributed by atoms with van der Waals surface area (Å²) in [5.74, 6) is 1.10. The number of piperidine rings is 1. The van der Waals surface area contributed by atoms with Crippen molar-refractivity contribution in [2.45, 2.75) is 32.7 Å². The average molecular weight is 286 g/mol. The standard InChI is InChI=1S/C17H22N2O2/c1-2-21-16-8-6-7-15-14(16)9-12-19(15)13-17(20)18-10-4-3-5-11-18/h6-9,12H,2-5,10-11,13H2,1H3. The van der Waals surface area contributed by atoms with E-state index in [9.17, 15) is 4.79 Å². The fourth-order valence-corrected chi connectivity index (χ4v) is 3.00. The number of nitrogens with zero attached hydrogens (tertiary/aromatic N) is 2. The van der Waals surface area contributed by atoms with Crippen LogP contribution in [-0.2, 0) is 11.3 Å². The first-order valence-electron chi connectivity index (χ1n) is 7.78. The normalized spacial score (nSPS) is 15.4. The molecule has 0 spiro atoms. The molecule has 4 heteroatoms. The molecule has 0 saturated carbocycles. The van der Waals surface area contributed by atoms with Crippen molar-refractivity contribution in [1.29, 1.82) is 0 Å². The van der Waals surface area contributed by atoms with Gasteiger partial charge < -0.3 is 14.2 Å². The third-order valence-electron chi connectivity index (χ3n) is 4.09. The predicted octanol–water partition coefficient (Wildman–Crippen LogP) is 3.05. The lowest BCUT2D eigenvalue weighted by atomic mass is 10.1. The molecule has 1 aromatic carbocycles. The van der Waals surface area contributed by atoms with Crippen LogP contribution in [0, 0.1) is 0 Å². The van der Waals surface area contributed by atoms with Crippen molar-refractivity contribution in [2.75, 3.05) is 19.7 Å². The molecule has 1 fully saturated rings. The molecular weight excluding hydrogens is 264 g/mol. The summed E-state index contributed by atoms with van der Waals surface area (Å²) >= 11 is 0. The molecule has 1 saturated heterocycles. The van der Waals surface area contributed by atoms with E-state index in [-0.39, 0.29) is 5.91 Å². The van der Waals surface area contributed by atoms with Gasteiger partial charge in [-0.3, -0.25) is 4.79 Å². The number of rotatable bonds is 4. The summed E-state index contributed by atoms with van der Waals surface area (Å²) in [6.07, 6.45) is 5.49. The molecule has 21 heavy (non-hydrogen) atoms. The van der Waals surface area contributed by atoms with Crippen molar-refractivity contribution in [1.82, 2.24) is 9.47 Å². The molecule has 0 N–H and O–H groups in total. The van der Waals surface area contributed by atoms with Gasteiger partial charge in [0, 0.05) is 24.7 Å². The second-order valence-electron chi connectivity index (χ2n) is 5.51. The maximum Gasteiger partial charge on any atom is 0.242 e. The van der Waals surface area contributed by atoms with Crippen LogP contribution < -0.4 is 4.74 Å². The van der Waals surface area contributed by atoms with Gasteiger partial charge in [0.1, 0.15) is 12.3 Å². The van der Waals surface area contributed by atoms with Crippen molar-refractivity contribution in [2.24, 2.45) is 0 Å². The minimum Gasteiger partial charge on any atom is -0.493 e. The van der Waals surface area contributed by atoms with Crippen LogP contribution >= 0.6 is 0 Å². The Hall–Kier alpha value is -1.97. The molecule has 0 unspecified atom stereocenters. The Morgan fingerprint density at radius 2 is 2.00 bits per heavy atom. The lowest BCUT2D eigenvalue weighted by Crippen LogP contribution is -2.37. The predicted molar refractivity (Wildman–Crippen MR) is 83.5 cm³/mol. The largest absolute Gasteiger partial charge is 0.493 e. The number of aromatic nitrogens is 1. The molecule has 2 heterocycles. The van der Waals surface area contributed by atoms with Crippen molar-refractivity contribution in [3.63, 3.8) is 0 Å². The number of carbonyl (C=O) groups is 1. The van der Waals surface area contributed by atoms with Gasteiger partial charge in [0.25, 0.3) is 0 Å². The van der Waals surface area contributed by atoms with E-state index < -0.39 is 0 Å². The summed E-state index contributed by atoms with van der Waals surface area (Å²) in [5.41, 5.74) is 1.06. The lowest BCUT2D eigenvalue weighted by Gasteiger charge is -2.27. The van der Waals surface area contributed by atoms with E-state index in [1.54, 1.807) is 0 Å². The van der Waals surface area contributed by atoms with Gasteiger partial charge in [0.05, 0.1) is 12.1 Å². The molecule has 0 atom stereocenters. The van der Waals surface area contributed by atoms with E-state index in [1.165, 1.54) is 6.42 Å². The van der Waals surface area contributed by atoms with Crippen LogP contribution in [0.3, 0.4) is 0 Å². The summed E-state index contributed by atoms with van der Waals surface area (Å²) in [6, 6.07) is 8.03. The van der Waals surface area contributed by atoms with Gasteiger partial charge in [0.15, 0.2) is 0 Å². The van der Waals surface area contributed by atoms with E-state index in [0.717, 1.165) is 42.6 Å². The van der Waals surface area contributed by atoms with Crippen molar-refractivity contribution >= 4 is 16.8 Å². The summed E-state index contributed by atoms with van der Waals surface area (Å²) in [7, 11) is 0. The fraction of sp³-hybridized carbons (Fsp3) is 0.471. The van der Waals surface area contributed by atoms with Crippen LogP contribution in [0.25, 0.3) is 10.9 Å². The molecule has 1 aliphatic heterocycles. The number of hydrogen-bond acceptors (Lipinski definition) is 2. The molecule has 2 aromatic rings. The molecule has 0 radical (unpaired) electrons. The SMILES string of the molecule is CCOc1cccc2c1ccn2CC(=O)N1CCCCC1. The van der Waals surface area contributed by atoms with Crippen molar-refractivity contribution in [3.05, 3.63) is 30.5 Å². The van der Waals surface area contributed by atoms with Gasteiger partial charge >= 0.3 is 0 Å². The minimum atomic E-state index is 0.217. The average Bonchev–Trinajstić information content (AvgIpc) is 2.93. The van der Waals surface area contributed by atoms with Gasteiger partial charge in [-0.1, -0.05) is 6.07 Å². The van der Waals surface area contributed by atoms with E-state index in [1.807, 2.05) is 46.9 Å². The van der Waals surface area contributed by atoms with E-state index in [4.69, 9.17) is 4.74 Å². The van der Waals surface area contributed by atoms with Crippen LogP contribution in [-0.4, -0.2) is 35.1 Å². The molecule has 112 valence electrons. The van der Waals surface area contributed by atoms with E-state index >= 15 is 0 Å². The summed E-state index contributed by atoms with van der Waals surface area (Å²) < 4.78 is 7.67. The zero-order valence-corrected chi connectivity index (χ0v) is 12.5. The highest BCUT2D eigenvalue weighted by Crippen LogP contribution is 2.26. The lowest BCUT2D eigenvalue weighted by molar-refractivity contribution is -0.132. The van der Waals surface area contributed by atoms with Crippen LogP contribution in [0.15, 0.2) is 30.5 Å². The quantitative estimate of drug-likeness (QED) is 0.865. The monoisotopic (exact) mass is 286 g/mol. The Kier molecular flexibility index (Phi) is 4.13. The van der Waals surface area contributed by atoms with E-state index in [2.05, 4.69) is 0 Å². The highest BCUT2D eigenvalue weighted by atomic mass is 16.5. The van der Waals surface area contributed by atoms with Crippen molar-refractivity contribution in [3.8, 4) is 5.75 Å². The molecule has 1 amide bonds. The van der Waals surface area contributed by atoms with Crippen LogP contribution in [0.5, 0.6) is 5.75 Å². The third kappa shape index (κ3) is 2.89.